The molecule has 0 bridgehead atoms. The third-order valence-corrected chi connectivity index (χ3v) is 4.48. The number of carbonyl (C=O) groups excluding carboxylic acids is 1. The minimum absolute atomic E-state index is 0.192. The van der Waals surface area contributed by atoms with Crippen LogP contribution in [-0.2, 0) is 9.53 Å². The number of nitrogens with one attached hydrogen (secondary N) is 1. The van der Waals surface area contributed by atoms with E-state index in [4.69, 9.17) is 4.74 Å². The lowest BCUT2D eigenvalue weighted by Gasteiger charge is -2.26. The van der Waals surface area contributed by atoms with Crippen LogP contribution in [0.4, 0.5) is 0 Å². The van der Waals surface area contributed by atoms with Gasteiger partial charge in [-0.3, -0.25) is 4.79 Å². The SMILES string of the molecule is CCOC(=O)C(C)(CCSc1nccs1)NC. The van der Waals surface area contributed by atoms with Crippen molar-refractivity contribution in [2.24, 2.45) is 0 Å². The Morgan fingerprint density at radius 1 is 1.71 bits per heavy atom. The van der Waals surface area contributed by atoms with Crippen LogP contribution in [0.5, 0.6) is 0 Å². The molecule has 1 aromatic rings. The first-order valence-electron chi connectivity index (χ1n) is 5.51. The zero-order chi connectivity index (χ0) is 12.7. The fourth-order valence-corrected chi connectivity index (χ4v) is 3.11. The largest absolute Gasteiger partial charge is 0.465 e. The number of likely N-dealkylation sites (N-methyl/N-ethyl adjacent to an activating group) is 1. The summed E-state index contributed by atoms with van der Waals surface area (Å²) in [5.41, 5.74) is -0.611. The quantitative estimate of drug-likeness (QED) is 0.610. The first-order valence-corrected chi connectivity index (χ1v) is 7.37. The van der Waals surface area contributed by atoms with E-state index in [9.17, 15) is 4.79 Å². The summed E-state index contributed by atoms with van der Waals surface area (Å²) in [6, 6.07) is 0. The van der Waals surface area contributed by atoms with E-state index in [2.05, 4.69) is 10.3 Å². The van der Waals surface area contributed by atoms with Gasteiger partial charge in [-0.25, -0.2) is 4.98 Å². The van der Waals surface area contributed by atoms with Crippen LogP contribution in [-0.4, -0.2) is 35.9 Å². The molecular formula is C11H18N2O2S2. The van der Waals surface area contributed by atoms with E-state index in [1.165, 1.54) is 0 Å². The molecule has 1 aromatic heterocycles. The number of nitrogens with zero attached hydrogens (tertiary/aromatic N) is 1. The lowest BCUT2D eigenvalue weighted by atomic mass is 10.00. The van der Waals surface area contributed by atoms with Crippen LogP contribution in [0.3, 0.4) is 0 Å². The molecule has 0 aliphatic rings. The smallest absolute Gasteiger partial charge is 0.326 e. The molecule has 0 aliphatic carbocycles. The predicted octanol–water partition coefficient (Wildman–Crippen LogP) is 2.17. The average molecular weight is 274 g/mol. The topological polar surface area (TPSA) is 51.2 Å². The number of hydrogen-bond acceptors (Lipinski definition) is 6. The maximum atomic E-state index is 11.8. The molecule has 0 aromatic carbocycles. The van der Waals surface area contributed by atoms with Gasteiger partial charge in [0.1, 0.15) is 9.88 Å². The van der Waals surface area contributed by atoms with Crippen LogP contribution < -0.4 is 5.32 Å². The molecule has 1 atom stereocenters. The molecule has 0 spiro atoms. The summed E-state index contributed by atoms with van der Waals surface area (Å²) >= 11 is 3.28. The molecule has 17 heavy (non-hydrogen) atoms. The van der Waals surface area contributed by atoms with Gasteiger partial charge in [-0.05, 0) is 27.3 Å². The number of esters is 1. The molecule has 1 heterocycles. The van der Waals surface area contributed by atoms with Crippen molar-refractivity contribution in [1.29, 1.82) is 0 Å². The molecule has 4 nitrogen and oxygen atoms in total. The van der Waals surface area contributed by atoms with Crippen LogP contribution in [0.1, 0.15) is 20.3 Å². The van der Waals surface area contributed by atoms with Gasteiger partial charge in [-0.1, -0.05) is 11.8 Å². The van der Waals surface area contributed by atoms with Crippen molar-refractivity contribution in [2.75, 3.05) is 19.4 Å². The van der Waals surface area contributed by atoms with Crippen molar-refractivity contribution < 1.29 is 9.53 Å². The predicted molar refractivity (Wildman–Crippen MR) is 71.6 cm³/mol. The second kappa shape index (κ2) is 6.98. The van der Waals surface area contributed by atoms with E-state index in [-0.39, 0.29) is 5.97 Å². The number of thioether (sulfide) groups is 1. The number of rotatable bonds is 7. The van der Waals surface area contributed by atoms with Crippen molar-refractivity contribution in [3.05, 3.63) is 11.6 Å². The molecule has 6 heteroatoms. The van der Waals surface area contributed by atoms with E-state index in [0.29, 0.717) is 13.0 Å². The number of thiazole rings is 1. The van der Waals surface area contributed by atoms with Gasteiger partial charge in [0.25, 0.3) is 0 Å². The Bertz CT molecular complexity index is 343. The van der Waals surface area contributed by atoms with Crippen molar-refractivity contribution in [3.8, 4) is 0 Å². The van der Waals surface area contributed by atoms with Crippen LogP contribution in [0.2, 0.25) is 0 Å². The van der Waals surface area contributed by atoms with Gasteiger partial charge in [-0.2, -0.15) is 0 Å². The van der Waals surface area contributed by atoms with Gasteiger partial charge in [0.15, 0.2) is 0 Å². The van der Waals surface area contributed by atoms with Crippen LogP contribution in [0.25, 0.3) is 0 Å². The lowest BCUT2D eigenvalue weighted by Crippen LogP contribution is -2.49. The molecule has 1 unspecified atom stereocenters. The first-order chi connectivity index (χ1) is 8.12. The number of ether oxygens (including phenoxy) is 1. The van der Waals surface area contributed by atoms with E-state index in [1.54, 1.807) is 36.3 Å². The highest BCUT2D eigenvalue weighted by Gasteiger charge is 2.32. The summed E-state index contributed by atoms with van der Waals surface area (Å²) in [5.74, 6) is 0.645. The second-order valence-electron chi connectivity index (χ2n) is 3.70. The fourth-order valence-electron chi connectivity index (χ4n) is 1.24. The average Bonchev–Trinajstić information content (AvgIpc) is 2.82. The third-order valence-electron chi connectivity index (χ3n) is 2.51. The third kappa shape index (κ3) is 4.29. The van der Waals surface area contributed by atoms with E-state index in [1.807, 2.05) is 19.2 Å². The van der Waals surface area contributed by atoms with Gasteiger partial charge in [0.05, 0.1) is 6.61 Å². The monoisotopic (exact) mass is 274 g/mol. The van der Waals surface area contributed by atoms with Crippen molar-refractivity contribution in [1.82, 2.24) is 10.3 Å². The Morgan fingerprint density at radius 3 is 3.00 bits per heavy atom. The lowest BCUT2D eigenvalue weighted by molar-refractivity contribution is -0.150. The Hall–Kier alpha value is -0.590. The zero-order valence-corrected chi connectivity index (χ0v) is 12.0. The summed E-state index contributed by atoms with van der Waals surface area (Å²) in [5, 5.41) is 4.99. The molecule has 1 N–H and O–H groups in total. The minimum Gasteiger partial charge on any atom is -0.465 e. The maximum absolute atomic E-state index is 11.8. The highest BCUT2D eigenvalue weighted by molar-refractivity contribution is 8.00. The van der Waals surface area contributed by atoms with Crippen LogP contribution in [0.15, 0.2) is 15.9 Å². The van der Waals surface area contributed by atoms with E-state index >= 15 is 0 Å². The van der Waals surface area contributed by atoms with Gasteiger partial charge in [-0.15, -0.1) is 11.3 Å². The second-order valence-corrected chi connectivity index (χ2v) is 5.94. The molecule has 0 amide bonds. The molecule has 0 radical (unpaired) electrons. The van der Waals surface area contributed by atoms with Gasteiger partial charge in [0, 0.05) is 17.3 Å². The number of hydrogen-bond donors (Lipinski definition) is 1. The molecule has 0 aliphatic heterocycles. The summed E-state index contributed by atoms with van der Waals surface area (Å²) in [7, 11) is 1.78. The zero-order valence-electron chi connectivity index (χ0n) is 10.4. The Labute approximate surface area is 110 Å². The maximum Gasteiger partial charge on any atom is 0.326 e. The highest BCUT2D eigenvalue weighted by atomic mass is 32.2. The minimum atomic E-state index is -0.611. The summed E-state index contributed by atoms with van der Waals surface area (Å²) in [6.07, 6.45) is 2.50. The molecule has 96 valence electrons. The van der Waals surface area contributed by atoms with Gasteiger partial charge >= 0.3 is 5.97 Å². The number of aromatic nitrogens is 1. The van der Waals surface area contributed by atoms with E-state index < -0.39 is 5.54 Å². The molecule has 0 saturated carbocycles. The van der Waals surface area contributed by atoms with Crippen molar-refractivity contribution in [2.45, 2.75) is 30.1 Å². The molecule has 0 fully saturated rings. The Morgan fingerprint density at radius 2 is 2.47 bits per heavy atom. The first kappa shape index (κ1) is 14.5. The Balaban J connectivity index is 2.43. The van der Waals surface area contributed by atoms with Gasteiger partial charge < -0.3 is 10.1 Å². The highest BCUT2D eigenvalue weighted by Crippen LogP contribution is 2.24. The summed E-state index contributed by atoms with van der Waals surface area (Å²) in [6.45, 7) is 4.10. The Kier molecular flexibility index (Phi) is 5.94. The van der Waals surface area contributed by atoms with E-state index in [0.717, 1.165) is 10.1 Å². The molecule has 0 saturated heterocycles. The number of carbonyl (C=O) groups is 1. The normalized spacial score (nSPS) is 14.3. The fraction of sp³-hybridized carbons (Fsp3) is 0.636. The summed E-state index contributed by atoms with van der Waals surface area (Å²) < 4.78 is 6.10. The molecule has 1 rings (SSSR count). The summed E-state index contributed by atoms with van der Waals surface area (Å²) in [4.78, 5) is 16.0. The molecular weight excluding hydrogens is 256 g/mol. The standard InChI is InChI=1S/C11H18N2O2S2/c1-4-15-9(14)11(2,12-3)5-7-16-10-13-6-8-17-10/h6,8,12H,4-5,7H2,1-3H3. The van der Waals surface area contributed by atoms with Crippen molar-refractivity contribution >= 4 is 29.1 Å². The van der Waals surface area contributed by atoms with Crippen LogP contribution in [0, 0.1) is 0 Å². The van der Waals surface area contributed by atoms with Crippen LogP contribution >= 0.6 is 23.1 Å². The van der Waals surface area contributed by atoms with Crippen molar-refractivity contribution in [3.63, 3.8) is 0 Å². The van der Waals surface area contributed by atoms with Gasteiger partial charge in [0.2, 0.25) is 0 Å².